The number of hydrogen-bond donors (Lipinski definition) is 1. The Bertz CT molecular complexity index is 1090. The first-order valence-electron chi connectivity index (χ1n) is 8.77. The summed E-state index contributed by atoms with van der Waals surface area (Å²) in [5, 5.41) is 11.7. The van der Waals surface area contributed by atoms with Gasteiger partial charge in [0.05, 0.1) is 11.3 Å². The van der Waals surface area contributed by atoms with Gasteiger partial charge in [0.2, 0.25) is 5.16 Å². The molecule has 2 heterocycles. The van der Waals surface area contributed by atoms with E-state index in [1.165, 1.54) is 28.1 Å². The minimum atomic E-state index is -0.378. The van der Waals surface area contributed by atoms with E-state index < -0.39 is 0 Å². The molecule has 8 heteroatoms. The molecule has 2 aromatic heterocycles. The second kappa shape index (κ2) is 8.12. The maximum Gasteiger partial charge on any atom is 0.210 e. The van der Waals surface area contributed by atoms with Crippen LogP contribution in [-0.2, 0) is 12.2 Å². The molecule has 0 fully saturated rings. The molecular formula is C20H18FN5S2. The highest BCUT2D eigenvalue weighted by Gasteiger charge is 2.16. The standard InChI is InChI=1S/C20H18FN5S2/c1-2-13-7-9-14(10-8-13)19-23-15(11-27-19)12-28-20-25-24-18(26(20)22)16-5-3-4-6-17(16)21/h3-11H,2,12,22H2,1H3. The van der Waals surface area contributed by atoms with Crippen LogP contribution in [0.2, 0.25) is 0 Å². The molecule has 0 unspecified atom stereocenters. The summed E-state index contributed by atoms with van der Waals surface area (Å²) >= 11 is 3.03. The number of aryl methyl sites for hydroxylation is 1. The third-order valence-electron chi connectivity index (χ3n) is 4.29. The Kier molecular flexibility index (Phi) is 5.40. The van der Waals surface area contributed by atoms with Crippen molar-refractivity contribution in [2.24, 2.45) is 0 Å². The summed E-state index contributed by atoms with van der Waals surface area (Å²) in [5.74, 6) is 6.61. The van der Waals surface area contributed by atoms with Gasteiger partial charge in [0.25, 0.3) is 0 Å². The fourth-order valence-electron chi connectivity index (χ4n) is 2.73. The summed E-state index contributed by atoms with van der Waals surface area (Å²) in [5.41, 5.74) is 3.70. The molecule has 0 aliphatic rings. The Hall–Kier alpha value is -2.71. The van der Waals surface area contributed by atoms with E-state index in [4.69, 9.17) is 10.8 Å². The van der Waals surface area contributed by atoms with Gasteiger partial charge in [0, 0.05) is 16.7 Å². The van der Waals surface area contributed by atoms with Crippen molar-refractivity contribution in [2.75, 3.05) is 5.84 Å². The van der Waals surface area contributed by atoms with E-state index in [2.05, 4.69) is 41.4 Å². The fourth-order valence-corrected chi connectivity index (χ4v) is 4.41. The van der Waals surface area contributed by atoms with E-state index in [1.807, 2.05) is 5.38 Å². The predicted octanol–water partition coefficient (Wildman–Crippen LogP) is 4.78. The average molecular weight is 412 g/mol. The molecule has 0 aliphatic heterocycles. The van der Waals surface area contributed by atoms with Crippen molar-refractivity contribution < 1.29 is 4.39 Å². The molecule has 2 N–H and O–H groups in total. The summed E-state index contributed by atoms with van der Waals surface area (Å²) in [7, 11) is 0. The van der Waals surface area contributed by atoms with E-state index in [0.29, 0.717) is 22.3 Å². The highest BCUT2D eigenvalue weighted by Crippen LogP contribution is 2.29. The average Bonchev–Trinajstić information content (AvgIpc) is 3.34. The van der Waals surface area contributed by atoms with Gasteiger partial charge in [-0.3, -0.25) is 0 Å². The fraction of sp³-hybridized carbons (Fsp3) is 0.150. The summed E-state index contributed by atoms with van der Waals surface area (Å²) in [6.07, 6.45) is 1.02. The third kappa shape index (κ3) is 3.79. The number of thiazole rings is 1. The molecular weight excluding hydrogens is 393 g/mol. The van der Waals surface area contributed by atoms with Crippen LogP contribution in [0.15, 0.2) is 59.1 Å². The molecule has 0 bridgehead atoms. The van der Waals surface area contributed by atoms with Gasteiger partial charge < -0.3 is 5.84 Å². The lowest BCUT2D eigenvalue weighted by molar-refractivity contribution is 0.629. The second-order valence-corrected chi connectivity index (χ2v) is 7.94. The molecule has 0 atom stereocenters. The van der Waals surface area contributed by atoms with Crippen molar-refractivity contribution in [1.29, 1.82) is 0 Å². The molecule has 0 aliphatic carbocycles. The third-order valence-corrected chi connectivity index (χ3v) is 6.21. The van der Waals surface area contributed by atoms with Crippen molar-refractivity contribution in [3.05, 3.63) is 71.0 Å². The Morgan fingerprint density at radius 3 is 2.64 bits per heavy atom. The van der Waals surface area contributed by atoms with Crippen LogP contribution in [0.4, 0.5) is 4.39 Å². The maximum absolute atomic E-state index is 14.0. The van der Waals surface area contributed by atoms with Crippen molar-refractivity contribution in [2.45, 2.75) is 24.3 Å². The van der Waals surface area contributed by atoms with E-state index >= 15 is 0 Å². The minimum Gasteiger partial charge on any atom is -0.335 e. The number of benzene rings is 2. The summed E-state index contributed by atoms with van der Waals surface area (Å²) in [4.78, 5) is 4.70. The zero-order valence-electron chi connectivity index (χ0n) is 15.2. The van der Waals surface area contributed by atoms with Crippen molar-refractivity contribution in [3.8, 4) is 22.0 Å². The largest absolute Gasteiger partial charge is 0.335 e. The summed E-state index contributed by atoms with van der Waals surface area (Å²) in [6.45, 7) is 2.14. The number of nitrogens with zero attached hydrogens (tertiary/aromatic N) is 4. The molecule has 2 aromatic carbocycles. The second-order valence-electron chi connectivity index (χ2n) is 6.14. The van der Waals surface area contributed by atoms with Gasteiger partial charge in [-0.1, -0.05) is 55.1 Å². The molecule has 0 saturated heterocycles. The molecule has 0 radical (unpaired) electrons. The Morgan fingerprint density at radius 2 is 1.89 bits per heavy atom. The number of halogens is 1. The highest BCUT2D eigenvalue weighted by molar-refractivity contribution is 7.98. The molecule has 4 aromatic rings. The monoisotopic (exact) mass is 411 g/mol. The zero-order valence-corrected chi connectivity index (χ0v) is 16.8. The lowest BCUT2D eigenvalue weighted by atomic mass is 10.1. The van der Waals surface area contributed by atoms with Crippen LogP contribution >= 0.6 is 23.1 Å². The molecule has 0 amide bonds. The number of nitrogen functional groups attached to an aromatic ring is 1. The van der Waals surface area contributed by atoms with E-state index in [-0.39, 0.29) is 5.82 Å². The first kappa shape index (κ1) is 18.6. The predicted molar refractivity (Wildman–Crippen MR) is 112 cm³/mol. The van der Waals surface area contributed by atoms with Gasteiger partial charge in [-0.2, -0.15) is 0 Å². The van der Waals surface area contributed by atoms with E-state index in [1.54, 1.807) is 29.5 Å². The minimum absolute atomic E-state index is 0.301. The molecule has 28 heavy (non-hydrogen) atoms. The summed E-state index contributed by atoms with van der Waals surface area (Å²) < 4.78 is 15.3. The quantitative estimate of drug-likeness (QED) is 0.365. The van der Waals surface area contributed by atoms with Gasteiger partial charge in [-0.15, -0.1) is 21.5 Å². The number of thioether (sulfide) groups is 1. The number of nitrogens with two attached hydrogens (primary N) is 1. The molecule has 5 nitrogen and oxygen atoms in total. The van der Waals surface area contributed by atoms with Crippen LogP contribution in [0, 0.1) is 5.82 Å². The van der Waals surface area contributed by atoms with Crippen LogP contribution < -0.4 is 5.84 Å². The van der Waals surface area contributed by atoms with Gasteiger partial charge in [-0.05, 0) is 24.1 Å². The maximum atomic E-state index is 14.0. The first-order chi connectivity index (χ1) is 13.7. The zero-order chi connectivity index (χ0) is 19.5. The van der Waals surface area contributed by atoms with Gasteiger partial charge in [0.15, 0.2) is 5.82 Å². The summed E-state index contributed by atoms with van der Waals surface area (Å²) in [6, 6.07) is 14.8. The first-order valence-corrected chi connectivity index (χ1v) is 10.6. The van der Waals surface area contributed by atoms with Crippen molar-refractivity contribution >= 4 is 23.1 Å². The lowest BCUT2D eigenvalue weighted by Gasteiger charge is -2.04. The van der Waals surface area contributed by atoms with Crippen LogP contribution in [-0.4, -0.2) is 19.9 Å². The van der Waals surface area contributed by atoms with Crippen LogP contribution in [0.1, 0.15) is 18.2 Å². The van der Waals surface area contributed by atoms with Crippen LogP contribution in [0.25, 0.3) is 22.0 Å². The van der Waals surface area contributed by atoms with Crippen LogP contribution in [0.5, 0.6) is 0 Å². The SMILES string of the molecule is CCc1ccc(-c2nc(CSc3nnc(-c4ccccc4F)n3N)cs2)cc1. The number of rotatable bonds is 6. The van der Waals surface area contributed by atoms with Gasteiger partial charge >= 0.3 is 0 Å². The van der Waals surface area contributed by atoms with Gasteiger partial charge in [0.1, 0.15) is 10.8 Å². The highest BCUT2D eigenvalue weighted by atomic mass is 32.2. The Labute approximate surface area is 170 Å². The lowest BCUT2D eigenvalue weighted by Crippen LogP contribution is -2.12. The molecule has 0 spiro atoms. The topological polar surface area (TPSA) is 69.6 Å². The van der Waals surface area contributed by atoms with Crippen molar-refractivity contribution in [3.63, 3.8) is 0 Å². The Morgan fingerprint density at radius 1 is 1.11 bits per heavy atom. The normalized spacial score (nSPS) is 11.1. The van der Waals surface area contributed by atoms with E-state index in [9.17, 15) is 4.39 Å². The molecule has 4 rings (SSSR count). The van der Waals surface area contributed by atoms with E-state index in [0.717, 1.165) is 22.7 Å². The van der Waals surface area contributed by atoms with Gasteiger partial charge in [-0.25, -0.2) is 14.1 Å². The van der Waals surface area contributed by atoms with Crippen LogP contribution in [0.3, 0.4) is 0 Å². The molecule has 142 valence electrons. The molecule has 0 saturated carbocycles. The number of aromatic nitrogens is 4. The smallest absolute Gasteiger partial charge is 0.210 e. The van der Waals surface area contributed by atoms with Crippen molar-refractivity contribution in [1.82, 2.24) is 19.9 Å². The Balaban J connectivity index is 1.47. The number of hydrogen-bond acceptors (Lipinski definition) is 6.